The summed E-state index contributed by atoms with van der Waals surface area (Å²) in [5.74, 6) is 0.639. The van der Waals surface area contributed by atoms with Crippen molar-refractivity contribution in [3.63, 3.8) is 0 Å². The molecule has 0 fully saturated rings. The number of pyridine rings is 1. The van der Waals surface area contributed by atoms with Gasteiger partial charge in [-0.15, -0.1) is 0 Å². The van der Waals surface area contributed by atoms with E-state index in [-0.39, 0.29) is 11.7 Å². The molecule has 32 heavy (non-hydrogen) atoms. The predicted octanol–water partition coefficient (Wildman–Crippen LogP) is 5.36. The number of nitrogens with one attached hydrogen (secondary N) is 1. The normalized spacial score (nSPS) is 11.8. The van der Waals surface area contributed by atoms with E-state index in [4.69, 9.17) is 9.47 Å². The first-order valence-electron chi connectivity index (χ1n) is 11.1. The highest BCUT2D eigenvalue weighted by molar-refractivity contribution is 5.96. The van der Waals surface area contributed by atoms with Crippen LogP contribution in [0.3, 0.4) is 0 Å². The Labute approximate surface area is 192 Å². The highest BCUT2D eigenvalue weighted by Gasteiger charge is 2.25. The molecule has 0 unspecified atom stereocenters. The van der Waals surface area contributed by atoms with E-state index in [9.17, 15) is 14.4 Å². The molecule has 0 saturated heterocycles. The number of aromatic nitrogens is 1. The maximum absolute atomic E-state index is 12.6. The van der Waals surface area contributed by atoms with Crippen molar-refractivity contribution >= 4 is 23.8 Å². The standard InChI is InChI=1S/C24H39N3O5/c1-17(2)16-27(22(30)32-24(6,7)8)20-13-12-18(15-26-20)19(28)11-9-10-14-25-21(29)31-23(3,4)5/h12-13,15,17H,9-11,14,16H2,1-8H3,(H,25,29). The van der Waals surface area contributed by atoms with E-state index < -0.39 is 23.4 Å². The molecule has 0 aliphatic carbocycles. The first kappa shape index (κ1) is 27.4. The molecule has 1 aromatic heterocycles. The molecule has 2 amide bonds. The number of hydrogen-bond donors (Lipinski definition) is 1. The summed E-state index contributed by atoms with van der Waals surface area (Å²) in [7, 11) is 0. The van der Waals surface area contributed by atoms with E-state index in [0.29, 0.717) is 43.7 Å². The van der Waals surface area contributed by atoms with E-state index in [1.54, 1.807) is 32.9 Å². The van der Waals surface area contributed by atoms with E-state index in [1.807, 2.05) is 34.6 Å². The lowest BCUT2D eigenvalue weighted by Crippen LogP contribution is -2.39. The third kappa shape index (κ3) is 11.1. The Balaban J connectivity index is 2.60. The number of carbonyl (C=O) groups excluding carboxylic acids is 3. The Kier molecular flexibility index (Phi) is 10.1. The average Bonchev–Trinajstić information content (AvgIpc) is 2.62. The molecule has 1 N–H and O–H groups in total. The van der Waals surface area contributed by atoms with E-state index >= 15 is 0 Å². The fourth-order valence-corrected chi connectivity index (χ4v) is 2.71. The second kappa shape index (κ2) is 11.8. The quantitative estimate of drug-likeness (QED) is 0.403. The zero-order valence-electron chi connectivity index (χ0n) is 20.8. The van der Waals surface area contributed by atoms with Crippen LogP contribution >= 0.6 is 0 Å². The summed E-state index contributed by atoms with van der Waals surface area (Å²) >= 11 is 0. The van der Waals surface area contributed by atoms with Gasteiger partial charge in [-0.05, 0) is 72.4 Å². The number of unbranched alkanes of at least 4 members (excludes halogenated alkanes) is 1. The smallest absolute Gasteiger partial charge is 0.416 e. The lowest BCUT2D eigenvalue weighted by atomic mass is 10.1. The van der Waals surface area contributed by atoms with E-state index in [0.717, 1.165) is 0 Å². The minimum absolute atomic E-state index is 0.0333. The van der Waals surface area contributed by atoms with Crippen molar-refractivity contribution in [2.75, 3.05) is 18.0 Å². The van der Waals surface area contributed by atoms with Crippen molar-refractivity contribution in [2.24, 2.45) is 5.92 Å². The highest BCUT2D eigenvalue weighted by atomic mass is 16.6. The number of Topliss-reactive ketones (excluding diaryl/α,β-unsaturated/α-hetero) is 1. The van der Waals surface area contributed by atoms with Gasteiger partial charge in [-0.25, -0.2) is 14.6 Å². The molecule has 8 nitrogen and oxygen atoms in total. The second-order valence-corrected chi connectivity index (χ2v) is 10.2. The van der Waals surface area contributed by atoms with E-state index in [2.05, 4.69) is 10.3 Å². The van der Waals surface area contributed by atoms with Gasteiger partial charge >= 0.3 is 12.2 Å². The van der Waals surface area contributed by atoms with Gasteiger partial charge in [0, 0.05) is 31.3 Å². The minimum Gasteiger partial charge on any atom is -0.444 e. The fraction of sp³-hybridized carbons (Fsp3) is 0.667. The van der Waals surface area contributed by atoms with Crippen molar-refractivity contribution in [1.82, 2.24) is 10.3 Å². The third-order valence-electron chi connectivity index (χ3n) is 4.01. The summed E-state index contributed by atoms with van der Waals surface area (Å²) in [5, 5.41) is 2.68. The summed E-state index contributed by atoms with van der Waals surface area (Å²) < 4.78 is 10.7. The van der Waals surface area contributed by atoms with Crippen molar-refractivity contribution in [3.8, 4) is 0 Å². The predicted molar refractivity (Wildman–Crippen MR) is 125 cm³/mol. The van der Waals surface area contributed by atoms with Crippen LogP contribution in [0, 0.1) is 5.92 Å². The van der Waals surface area contributed by atoms with Gasteiger partial charge in [0.1, 0.15) is 17.0 Å². The van der Waals surface area contributed by atoms with Crippen LogP contribution in [-0.4, -0.2) is 47.2 Å². The molecule has 0 radical (unpaired) electrons. The van der Waals surface area contributed by atoms with Gasteiger partial charge in [0.25, 0.3) is 0 Å². The Morgan fingerprint density at radius 3 is 2.12 bits per heavy atom. The topological polar surface area (TPSA) is 97.8 Å². The lowest BCUT2D eigenvalue weighted by molar-refractivity contribution is 0.0524. The largest absolute Gasteiger partial charge is 0.444 e. The maximum atomic E-state index is 12.6. The van der Waals surface area contributed by atoms with Crippen molar-refractivity contribution < 1.29 is 23.9 Å². The fourth-order valence-electron chi connectivity index (χ4n) is 2.71. The molecule has 0 aliphatic rings. The minimum atomic E-state index is -0.611. The van der Waals surface area contributed by atoms with Gasteiger partial charge in [-0.1, -0.05) is 13.8 Å². The molecule has 1 rings (SSSR count). The molecule has 0 saturated carbocycles. The average molecular weight is 450 g/mol. The number of rotatable bonds is 9. The van der Waals surface area contributed by atoms with Gasteiger partial charge in [-0.3, -0.25) is 9.69 Å². The maximum Gasteiger partial charge on any atom is 0.416 e. The molecular weight excluding hydrogens is 410 g/mol. The number of hydrogen-bond acceptors (Lipinski definition) is 6. The molecule has 8 heteroatoms. The van der Waals surface area contributed by atoms with Gasteiger partial charge < -0.3 is 14.8 Å². The van der Waals surface area contributed by atoms with Gasteiger partial charge in [-0.2, -0.15) is 0 Å². The van der Waals surface area contributed by atoms with Crippen LogP contribution in [0.25, 0.3) is 0 Å². The molecule has 0 aliphatic heterocycles. The lowest BCUT2D eigenvalue weighted by Gasteiger charge is -2.28. The number of nitrogens with zero attached hydrogens (tertiary/aromatic N) is 2. The van der Waals surface area contributed by atoms with Gasteiger partial charge in [0.2, 0.25) is 0 Å². The molecule has 0 atom stereocenters. The summed E-state index contributed by atoms with van der Waals surface area (Å²) in [6.45, 7) is 15.8. The number of anilines is 1. The van der Waals surface area contributed by atoms with Crippen LogP contribution < -0.4 is 10.2 Å². The molecule has 1 aromatic rings. The number of alkyl carbamates (subject to hydrolysis) is 1. The number of ether oxygens (including phenoxy) is 2. The Hall–Kier alpha value is -2.64. The summed E-state index contributed by atoms with van der Waals surface area (Å²) in [6.07, 6.45) is 2.22. The van der Waals surface area contributed by atoms with Gasteiger partial charge in [0.05, 0.1) is 0 Å². The van der Waals surface area contributed by atoms with Crippen LogP contribution in [0.4, 0.5) is 15.4 Å². The molecule has 0 bridgehead atoms. The number of amides is 2. The zero-order valence-corrected chi connectivity index (χ0v) is 20.8. The van der Waals surface area contributed by atoms with Crippen LogP contribution in [0.5, 0.6) is 0 Å². The molecule has 180 valence electrons. The molecule has 1 heterocycles. The zero-order chi connectivity index (χ0) is 24.5. The summed E-state index contributed by atoms with van der Waals surface area (Å²) in [4.78, 5) is 42.5. The Morgan fingerprint density at radius 1 is 1.00 bits per heavy atom. The monoisotopic (exact) mass is 449 g/mol. The van der Waals surface area contributed by atoms with Gasteiger partial charge in [0.15, 0.2) is 5.78 Å². The van der Waals surface area contributed by atoms with Crippen LogP contribution in [0.15, 0.2) is 18.3 Å². The first-order valence-corrected chi connectivity index (χ1v) is 11.1. The summed E-state index contributed by atoms with van der Waals surface area (Å²) in [6, 6.07) is 3.35. The van der Waals surface area contributed by atoms with E-state index in [1.165, 1.54) is 11.1 Å². The third-order valence-corrected chi connectivity index (χ3v) is 4.01. The van der Waals surface area contributed by atoms with Crippen molar-refractivity contribution in [2.45, 2.75) is 85.9 Å². The molecule has 0 aromatic carbocycles. The van der Waals surface area contributed by atoms with Crippen molar-refractivity contribution in [1.29, 1.82) is 0 Å². The van der Waals surface area contributed by atoms with Crippen LogP contribution in [0.1, 0.15) is 85.0 Å². The van der Waals surface area contributed by atoms with Crippen molar-refractivity contribution in [3.05, 3.63) is 23.9 Å². The first-order chi connectivity index (χ1) is 14.7. The molecule has 0 spiro atoms. The number of carbonyl (C=O) groups is 3. The SMILES string of the molecule is CC(C)CN(C(=O)OC(C)(C)C)c1ccc(C(=O)CCCCNC(=O)OC(C)(C)C)cn1. The highest BCUT2D eigenvalue weighted by Crippen LogP contribution is 2.19. The number of ketones is 1. The Morgan fingerprint density at radius 2 is 1.62 bits per heavy atom. The second-order valence-electron chi connectivity index (χ2n) is 10.2. The van der Waals surface area contributed by atoms with Crippen LogP contribution in [-0.2, 0) is 9.47 Å². The molecular formula is C24H39N3O5. The Bertz CT molecular complexity index is 761. The van der Waals surface area contributed by atoms with Crippen LogP contribution in [0.2, 0.25) is 0 Å². The summed E-state index contributed by atoms with van der Waals surface area (Å²) in [5.41, 5.74) is -0.656.